The van der Waals surface area contributed by atoms with Crippen LogP contribution in [0.3, 0.4) is 0 Å². The van der Waals surface area contributed by atoms with Gasteiger partial charge in [-0.05, 0) is 18.5 Å². The Kier molecular flexibility index (Phi) is 3.83. The van der Waals surface area contributed by atoms with Crippen LogP contribution in [0.5, 0.6) is 0 Å². The second kappa shape index (κ2) is 4.92. The van der Waals surface area contributed by atoms with Crippen molar-refractivity contribution in [1.82, 2.24) is 15.3 Å². The van der Waals surface area contributed by atoms with Gasteiger partial charge in [-0.25, -0.2) is 9.97 Å². The number of aromatic nitrogens is 2. The summed E-state index contributed by atoms with van der Waals surface area (Å²) >= 11 is 0. The number of nitrogens with one attached hydrogen (secondary N) is 1. The summed E-state index contributed by atoms with van der Waals surface area (Å²) in [7, 11) is 0. The lowest BCUT2D eigenvalue weighted by Crippen LogP contribution is -2.14. The molecular weight excluding hydrogens is 162 g/mol. The third-order valence-corrected chi connectivity index (χ3v) is 1.85. The van der Waals surface area contributed by atoms with Crippen LogP contribution in [0.15, 0.2) is 12.3 Å². The van der Waals surface area contributed by atoms with Crippen LogP contribution in [-0.4, -0.2) is 16.5 Å². The molecule has 0 amide bonds. The average molecular weight is 179 g/mol. The molecule has 0 aliphatic carbocycles. The van der Waals surface area contributed by atoms with Crippen LogP contribution in [0.4, 0.5) is 0 Å². The fourth-order valence-electron chi connectivity index (χ4n) is 1.06. The predicted molar refractivity (Wildman–Crippen MR) is 53.5 cm³/mol. The first-order valence-electron chi connectivity index (χ1n) is 4.76. The minimum Gasteiger partial charge on any atom is -0.310 e. The van der Waals surface area contributed by atoms with Crippen molar-refractivity contribution >= 4 is 0 Å². The highest BCUT2D eigenvalue weighted by Crippen LogP contribution is 2.09. The van der Waals surface area contributed by atoms with Crippen LogP contribution in [0.25, 0.3) is 0 Å². The van der Waals surface area contributed by atoms with Crippen molar-refractivity contribution in [3.8, 4) is 0 Å². The molecule has 1 N–H and O–H groups in total. The van der Waals surface area contributed by atoms with Crippen LogP contribution in [0.1, 0.15) is 38.2 Å². The average Bonchev–Trinajstić information content (AvgIpc) is 2.15. The van der Waals surface area contributed by atoms with Gasteiger partial charge in [0.25, 0.3) is 0 Å². The van der Waals surface area contributed by atoms with Gasteiger partial charge in [0.15, 0.2) is 0 Å². The number of hydrogen-bond donors (Lipinski definition) is 1. The van der Waals surface area contributed by atoms with E-state index in [1.807, 2.05) is 12.3 Å². The number of nitrogens with zero attached hydrogens (tertiary/aromatic N) is 2. The molecule has 0 aliphatic rings. The zero-order chi connectivity index (χ0) is 9.68. The van der Waals surface area contributed by atoms with Gasteiger partial charge in [-0.2, -0.15) is 0 Å². The first-order chi connectivity index (χ1) is 6.24. The molecule has 3 heteroatoms. The second-order valence-corrected chi connectivity index (χ2v) is 3.33. The molecule has 1 aromatic heterocycles. The lowest BCUT2D eigenvalue weighted by atomic mass is 10.1. The van der Waals surface area contributed by atoms with Crippen molar-refractivity contribution in [3.05, 3.63) is 23.8 Å². The van der Waals surface area contributed by atoms with Crippen molar-refractivity contribution < 1.29 is 0 Å². The molecule has 72 valence electrons. The van der Waals surface area contributed by atoms with Gasteiger partial charge < -0.3 is 5.32 Å². The monoisotopic (exact) mass is 179 g/mol. The quantitative estimate of drug-likeness (QED) is 0.764. The van der Waals surface area contributed by atoms with Crippen molar-refractivity contribution in [2.24, 2.45) is 0 Å². The highest BCUT2D eigenvalue weighted by molar-refractivity contribution is 5.06. The Morgan fingerprint density at radius 1 is 1.46 bits per heavy atom. The number of hydrogen-bond acceptors (Lipinski definition) is 3. The molecule has 1 aromatic rings. The Morgan fingerprint density at radius 2 is 2.23 bits per heavy atom. The summed E-state index contributed by atoms with van der Waals surface area (Å²) in [4.78, 5) is 8.62. The summed E-state index contributed by atoms with van der Waals surface area (Å²) in [6, 6.07) is 1.97. The van der Waals surface area contributed by atoms with Crippen LogP contribution < -0.4 is 5.32 Å². The minimum absolute atomic E-state index is 0.475. The topological polar surface area (TPSA) is 37.8 Å². The summed E-state index contributed by atoms with van der Waals surface area (Å²) in [6.07, 6.45) is 1.83. The van der Waals surface area contributed by atoms with Gasteiger partial charge in [0.2, 0.25) is 0 Å². The van der Waals surface area contributed by atoms with E-state index in [9.17, 15) is 0 Å². The van der Waals surface area contributed by atoms with Crippen molar-refractivity contribution in [3.63, 3.8) is 0 Å². The van der Waals surface area contributed by atoms with E-state index in [1.54, 1.807) is 0 Å². The van der Waals surface area contributed by atoms with E-state index in [2.05, 4.69) is 36.1 Å². The van der Waals surface area contributed by atoms with E-state index in [-0.39, 0.29) is 0 Å². The molecule has 0 radical (unpaired) electrons. The molecule has 0 fully saturated rings. The molecule has 13 heavy (non-hydrogen) atoms. The Labute approximate surface area is 79.6 Å². The maximum atomic E-state index is 4.44. The summed E-state index contributed by atoms with van der Waals surface area (Å²) < 4.78 is 0. The van der Waals surface area contributed by atoms with Gasteiger partial charge >= 0.3 is 0 Å². The van der Waals surface area contributed by atoms with Crippen LogP contribution in [0.2, 0.25) is 0 Å². The largest absolute Gasteiger partial charge is 0.310 e. The first kappa shape index (κ1) is 10.1. The van der Waals surface area contributed by atoms with E-state index >= 15 is 0 Å². The Bertz CT molecular complexity index is 258. The van der Waals surface area contributed by atoms with Gasteiger partial charge in [0.05, 0.1) is 6.54 Å². The first-order valence-corrected chi connectivity index (χ1v) is 4.76. The minimum atomic E-state index is 0.475. The highest BCUT2D eigenvalue weighted by Gasteiger charge is 2.01. The fourth-order valence-corrected chi connectivity index (χ4v) is 1.06. The zero-order valence-electron chi connectivity index (χ0n) is 8.54. The van der Waals surface area contributed by atoms with E-state index < -0.39 is 0 Å². The summed E-state index contributed by atoms with van der Waals surface area (Å²) in [5.41, 5.74) is 1.11. The van der Waals surface area contributed by atoms with E-state index in [0.717, 1.165) is 24.6 Å². The molecule has 1 heterocycles. The van der Waals surface area contributed by atoms with Gasteiger partial charge in [-0.3, -0.25) is 0 Å². The molecule has 1 rings (SSSR count). The Hall–Kier alpha value is -0.960. The van der Waals surface area contributed by atoms with Crippen LogP contribution in [-0.2, 0) is 6.54 Å². The second-order valence-electron chi connectivity index (χ2n) is 3.33. The number of rotatable bonds is 4. The van der Waals surface area contributed by atoms with Crippen molar-refractivity contribution in [2.75, 3.05) is 6.54 Å². The standard InChI is InChI=1S/C10H17N3/c1-4-11-7-10-12-6-5-9(13-10)8(2)3/h5-6,8,11H,4,7H2,1-3H3. The Morgan fingerprint density at radius 3 is 2.85 bits per heavy atom. The molecular formula is C10H17N3. The van der Waals surface area contributed by atoms with Crippen molar-refractivity contribution in [2.45, 2.75) is 33.2 Å². The fraction of sp³-hybridized carbons (Fsp3) is 0.600. The highest BCUT2D eigenvalue weighted by atomic mass is 15.0. The van der Waals surface area contributed by atoms with Gasteiger partial charge in [-0.1, -0.05) is 20.8 Å². The predicted octanol–water partition coefficient (Wildman–Crippen LogP) is 1.71. The van der Waals surface area contributed by atoms with Gasteiger partial charge in [-0.15, -0.1) is 0 Å². The molecule has 3 nitrogen and oxygen atoms in total. The molecule has 0 atom stereocenters. The Balaban J connectivity index is 2.68. The molecule has 0 unspecified atom stereocenters. The van der Waals surface area contributed by atoms with E-state index in [4.69, 9.17) is 0 Å². The maximum Gasteiger partial charge on any atom is 0.142 e. The summed E-state index contributed by atoms with van der Waals surface area (Å²) in [5.74, 6) is 1.36. The van der Waals surface area contributed by atoms with E-state index in [0.29, 0.717) is 5.92 Å². The van der Waals surface area contributed by atoms with Gasteiger partial charge in [0.1, 0.15) is 5.82 Å². The summed E-state index contributed by atoms with van der Waals surface area (Å²) in [5, 5.41) is 3.21. The smallest absolute Gasteiger partial charge is 0.142 e. The molecule has 0 aliphatic heterocycles. The lowest BCUT2D eigenvalue weighted by Gasteiger charge is -2.06. The molecule has 0 saturated heterocycles. The molecule has 0 aromatic carbocycles. The zero-order valence-corrected chi connectivity index (χ0v) is 8.54. The molecule has 0 spiro atoms. The van der Waals surface area contributed by atoms with Crippen LogP contribution in [0, 0.1) is 0 Å². The third kappa shape index (κ3) is 3.11. The van der Waals surface area contributed by atoms with Crippen LogP contribution >= 0.6 is 0 Å². The molecule has 0 saturated carbocycles. The normalized spacial score (nSPS) is 10.8. The summed E-state index contributed by atoms with van der Waals surface area (Å²) in [6.45, 7) is 8.07. The SMILES string of the molecule is CCNCc1nccc(C(C)C)n1. The lowest BCUT2D eigenvalue weighted by molar-refractivity contribution is 0.676. The van der Waals surface area contributed by atoms with E-state index in [1.165, 1.54) is 0 Å². The molecule has 0 bridgehead atoms. The van der Waals surface area contributed by atoms with Crippen molar-refractivity contribution in [1.29, 1.82) is 0 Å². The van der Waals surface area contributed by atoms with Gasteiger partial charge in [0, 0.05) is 11.9 Å². The third-order valence-electron chi connectivity index (χ3n) is 1.85. The maximum absolute atomic E-state index is 4.44.